The van der Waals surface area contributed by atoms with Crippen molar-refractivity contribution in [2.75, 3.05) is 13.2 Å². The number of aromatic nitrogens is 1. The maximum atomic E-state index is 12.2. The molecule has 2 heterocycles. The van der Waals surface area contributed by atoms with E-state index in [4.69, 9.17) is 10.5 Å². The summed E-state index contributed by atoms with van der Waals surface area (Å²) in [5.41, 5.74) is 6.88. The summed E-state index contributed by atoms with van der Waals surface area (Å²) in [6, 6.07) is 3.61. The standard InChI is InChI=1S/C14H21N3O2/c1-10(11-3-6-19-7-4-11)17-14(18)12-2-5-16-13(8-12)9-15/h2,5,8,10-11H,3-4,6-7,9,15H2,1H3,(H,17,18). The van der Waals surface area contributed by atoms with Crippen LogP contribution in [0.2, 0.25) is 0 Å². The minimum atomic E-state index is -0.0592. The van der Waals surface area contributed by atoms with Crippen molar-refractivity contribution in [3.05, 3.63) is 29.6 Å². The number of nitrogens with one attached hydrogen (secondary N) is 1. The number of nitrogens with zero attached hydrogens (tertiary/aromatic N) is 1. The van der Waals surface area contributed by atoms with Crippen LogP contribution in [-0.4, -0.2) is 30.1 Å². The molecule has 0 radical (unpaired) electrons. The number of rotatable bonds is 4. The van der Waals surface area contributed by atoms with Crippen molar-refractivity contribution in [2.24, 2.45) is 11.7 Å². The van der Waals surface area contributed by atoms with Crippen molar-refractivity contribution < 1.29 is 9.53 Å². The van der Waals surface area contributed by atoms with Gasteiger partial charge in [0.05, 0.1) is 5.69 Å². The van der Waals surface area contributed by atoms with E-state index < -0.39 is 0 Å². The Labute approximate surface area is 113 Å². The quantitative estimate of drug-likeness (QED) is 0.852. The molecule has 1 atom stereocenters. The predicted octanol–water partition coefficient (Wildman–Crippen LogP) is 1.09. The lowest BCUT2D eigenvalue weighted by molar-refractivity contribution is 0.0538. The lowest BCUT2D eigenvalue weighted by Gasteiger charge is -2.28. The molecule has 19 heavy (non-hydrogen) atoms. The second kappa shape index (κ2) is 6.63. The van der Waals surface area contributed by atoms with E-state index in [1.165, 1.54) is 0 Å². The van der Waals surface area contributed by atoms with Gasteiger partial charge in [0.25, 0.3) is 5.91 Å². The maximum absolute atomic E-state index is 12.2. The average Bonchev–Trinajstić information content (AvgIpc) is 2.48. The highest BCUT2D eigenvalue weighted by molar-refractivity contribution is 5.94. The Hall–Kier alpha value is -1.46. The van der Waals surface area contributed by atoms with E-state index in [1.807, 2.05) is 0 Å². The minimum absolute atomic E-state index is 0.0592. The fraction of sp³-hybridized carbons (Fsp3) is 0.571. The van der Waals surface area contributed by atoms with Crippen LogP contribution < -0.4 is 11.1 Å². The number of hydrogen-bond donors (Lipinski definition) is 2. The molecule has 3 N–H and O–H groups in total. The zero-order valence-electron chi connectivity index (χ0n) is 11.3. The molecule has 0 spiro atoms. The van der Waals surface area contributed by atoms with Crippen LogP contribution in [0, 0.1) is 5.92 Å². The van der Waals surface area contributed by atoms with E-state index in [-0.39, 0.29) is 11.9 Å². The molecule has 5 nitrogen and oxygen atoms in total. The molecule has 1 aromatic rings. The van der Waals surface area contributed by atoms with Gasteiger partial charge in [-0.3, -0.25) is 9.78 Å². The topological polar surface area (TPSA) is 77.2 Å². The molecule has 1 amide bonds. The molecule has 1 fully saturated rings. The first-order chi connectivity index (χ1) is 9.20. The lowest BCUT2D eigenvalue weighted by atomic mass is 9.93. The van der Waals surface area contributed by atoms with Crippen LogP contribution in [0.5, 0.6) is 0 Å². The Kier molecular flexibility index (Phi) is 4.87. The van der Waals surface area contributed by atoms with Gasteiger partial charge >= 0.3 is 0 Å². The zero-order chi connectivity index (χ0) is 13.7. The Morgan fingerprint density at radius 3 is 3.00 bits per heavy atom. The summed E-state index contributed by atoms with van der Waals surface area (Å²) in [5.74, 6) is 0.435. The van der Waals surface area contributed by atoms with E-state index in [9.17, 15) is 4.79 Å². The molecule has 1 unspecified atom stereocenters. The van der Waals surface area contributed by atoms with Gasteiger partial charge in [0.15, 0.2) is 0 Å². The number of ether oxygens (including phenoxy) is 1. The molecule has 1 saturated heterocycles. The minimum Gasteiger partial charge on any atom is -0.381 e. The van der Waals surface area contributed by atoms with Gasteiger partial charge in [-0.2, -0.15) is 0 Å². The fourth-order valence-corrected chi connectivity index (χ4v) is 2.35. The van der Waals surface area contributed by atoms with Gasteiger partial charge in [-0.05, 0) is 37.8 Å². The number of carbonyl (C=O) groups is 1. The maximum Gasteiger partial charge on any atom is 0.251 e. The number of hydrogen-bond acceptors (Lipinski definition) is 4. The van der Waals surface area contributed by atoms with Crippen LogP contribution in [0.3, 0.4) is 0 Å². The molecular formula is C14H21N3O2. The smallest absolute Gasteiger partial charge is 0.251 e. The van der Waals surface area contributed by atoms with E-state index in [1.54, 1.807) is 18.3 Å². The molecule has 2 rings (SSSR count). The first-order valence-electron chi connectivity index (χ1n) is 6.74. The third-order valence-electron chi connectivity index (χ3n) is 3.62. The van der Waals surface area contributed by atoms with Crippen molar-refractivity contribution in [2.45, 2.75) is 32.4 Å². The Morgan fingerprint density at radius 2 is 2.32 bits per heavy atom. The van der Waals surface area contributed by atoms with Crippen molar-refractivity contribution in [1.82, 2.24) is 10.3 Å². The second-order valence-electron chi connectivity index (χ2n) is 4.95. The van der Waals surface area contributed by atoms with Crippen molar-refractivity contribution in [3.63, 3.8) is 0 Å². The van der Waals surface area contributed by atoms with Crippen molar-refractivity contribution in [1.29, 1.82) is 0 Å². The Bertz CT molecular complexity index is 430. The second-order valence-corrected chi connectivity index (χ2v) is 4.95. The number of amides is 1. The van der Waals surface area contributed by atoms with Gasteiger partial charge in [-0.25, -0.2) is 0 Å². The predicted molar refractivity (Wildman–Crippen MR) is 72.6 cm³/mol. The van der Waals surface area contributed by atoms with Crippen LogP contribution >= 0.6 is 0 Å². The molecule has 1 aromatic heterocycles. The molecule has 5 heteroatoms. The van der Waals surface area contributed by atoms with E-state index in [2.05, 4.69) is 17.2 Å². The molecule has 104 valence electrons. The van der Waals surface area contributed by atoms with E-state index >= 15 is 0 Å². The van der Waals surface area contributed by atoms with Gasteiger partial charge in [0.1, 0.15) is 0 Å². The molecular weight excluding hydrogens is 242 g/mol. The normalized spacial score (nSPS) is 18.0. The SMILES string of the molecule is CC(NC(=O)c1ccnc(CN)c1)C1CCOCC1. The first kappa shape index (κ1) is 14.0. The van der Waals surface area contributed by atoms with E-state index in [0.717, 1.165) is 31.7 Å². The van der Waals surface area contributed by atoms with Gasteiger partial charge < -0.3 is 15.8 Å². The summed E-state index contributed by atoms with van der Waals surface area (Å²) in [4.78, 5) is 16.2. The highest BCUT2D eigenvalue weighted by Crippen LogP contribution is 2.18. The third kappa shape index (κ3) is 3.75. The largest absolute Gasteiger partial charge is 0.381 e. The summed E-state index contributed by atoms with van der Waals surface area (Å²) >= 11 is 0. The summed E-state index contributed by atoms with van der Waals surface area (Å²) in [6.07, 6.45) is 3.63. The third-order valence-corrected chi connectivity index (χ3v) is 3.62. The molecule has 0 bridgehead atoms. The van der Waals surface area contributed by atoms with Gasteiger partial charge in [0, 0.05) is 37.6 Å². The van der Waals surface area contributed by atoms with Crippen molar-refractivity contribution >= 4 is 5.91 Å². The highest BCUT2D eigenvalue weighted by atomic mass is 16.5. The monoisotopic (exact) mass is 263 g/mol. The van der Waals surface area contributed by atoms with Crippen molar-refractivity contribution in [3.8, 4) is 0 Å². The Balaban J connectivity index is 1.95. The first-order valence-corrected chi connectivity index (χ1v) is 6.74. The summed E-state index contributed by atoms with van der Waals surface area (Å²) in [7, 11) is 0. The highest BCUT2D eigenvalue weighted by Gasteiger charge is 2.22. The molecule has 1 aliphatic heterocycles. The fourth-order valence-electron chi connectivity index (χ4n) is 2.35. The number of pyridine rings is 1. The molecule has 0 saturated carbocycles. The van der Waals surface area contributed by atoms with Crippen LogP contribution in [0.15, 0.2) is 18.3 Å². The summed E-state index contributed by atoms with van der Waals surface area (Å²) in [6.45, 7) is 3.98. The molecule has 0 aromatic carbocycles. The number of nitrogens with two attached hydrogens (primary N) is 1. The molecule has 0 aliphatic carbocycles. The van der Waals surface area contributed by atoms with Gasteiger partial charge in [0.2, 0.25) is 0 Å². The molecule has 1 aliphatic rings. The van der Waals surface area contributed by atoms with Crippen LogP contribution in [-0.2, 0) is 11.3 Å². The zero-order valence-corrected chi connectivity index (χ0v) is 11.3. The van der Waals surface area contributed by atoms with Crippen LogP contribution in [0.4, 0.5) is 0 Å². The average molecular weight is 263 g/mol. The number of carbonyl (C=O) groups excluding carboxylic acids is 1. The van der Waals surface area contributed by atoms with Crippen LogP contribution in [0.25, 0.3) is 0 Å². The van der Waals surface area contributed by atoms with Crippen LogP contribution in [0.1, 0.15) is 35.8 Å². The van der Waals surface area contributed by atoms with Gasteiger partial charge in [-0.1, -0.05) is 0 Å². The summed E-state index contributed by atoms with van der Waals surface area (Å²) in [5, 5.41) is 3.05. The lowest BCUT2D eigenvalue weighted by Crippen LogP contribution is -2.40. The summed E-state index contributed by atoms with van der Waals surface area (Å²) < 4.78 is 5.33. The van der Waals surface area contributed by atoms with Gasteiger partial charge in [-0.15, -0.1) is 0 Å². The van der Waals surface area contributed by atoms with E-state index in [0.29, 0.717) is 18.0 Å². The Morgan fingerprint density at radius 1 is 1.58 bits per heavy atom.